The first-order valence-electron chi connectivity index (χ1n) is 9.01. The summed E-state index contributed by atoms with van der Waals surface area (Å²) >= 11 is 0. The number of imidazole rings is 1. The van der Waals surface area contributed by atoms with Gasteiger partial charge < -0.3 is 10.3 Å². The number of fused-ring (bicyclic) bond motifs is 1. The SMILES string of the molecule is O=C(CCc1nc2ccccc2[nH]1)NCC1(c2ccccc2)CCC1. The summed E-state index contributed by atoms with van der Waals surface area (Å²) in [6.07, 6.45) is 4.65. The fourth-order valence-electron chi connectivity index (χ4n) is 3.67. The summed E-state index contributed by atoms with van der Waals surface area (Å²) in [5, 5.41) is 3.15. The fourth-order valence-corrected chi connectivity index (χ4v) is 3.67. The van der Waals surface area contributed by atoms with Crippen LogP contribution in [0, 0.1) is 0 Å². The van der Waals surface area contributed by atoms with Crippen molar-refractivity contribution in [3.8, 4) is 0 Å². The smallest absolute Gasteiger partial charge is 0.220 e. The molecule has 4 heteroatoms. The molecule has 0 spiro atoms. The summed E-state index contributed by atoms with van der Waals surface area (Å²) in [5.74, 6) is 0.973. The molecule has 4 rings (SSSR count). The zero-order chi connectivity index (χ0) is 17.1. The Morgan fingerprint density at radius 1 is 1.08 bits per heavy atom. The molecule has 0 unspecified atom stereocenters. The van der Waals surface area contributed by atoms with Crippen LogP contribution in [0.5, 0.6) is 0 Å². The monoisotopic (exact) mass is 333 g/mol. The molecule has 3 aromatic rings. The molecule has 1 saturated carbocycles. The minimum Gasteiger partial charge on any atom is -0.355 e. The molecule has 2 aromatic carbocycles. The number of hydrogen-bond acceptors (Lipinski definition) is 2. The molecule has 1 aliphatic rings. The predicted molar refractivity (Wildman–Crippen MR) is 99.4 cm³/mol. The average Bonchev–Trinajstić information content (AvgIpc) is 3.03. The maximum atomic E-state index is 12.3. The number of rotatable bonds is 6. The maximum Gasteiger partial charge on any atom is 0.220 e. The highest BCUT2D eigenvalue weighted by atomic mass is 16.1. The van der Waals surface area contributed by atoms with Crippen molar-refractivity contribution in [2.24, 2.45) is 0 Å². The highest BCUT2D eigenvalue weighted by Crippen LogP contribution is 2.43. The van der Waals surface area contributed by atoms with Crippen LogP contribution in [-0.4, -0.2) is 22.4 Å². The Morgan fingerprint density at radius 3 is 2.56 bits per heavy atom. The molecule has 0 saturated heterocycles. The van der Waals surface area contributed by atoms with E-state index in [0.29, 0.717) is 12.8 Å². The third-order valence-electron chi connectivity index (χ3n) is 5.35. The van der Waals surface area contributed by atoms with E-state index in [2.05, 4.69) is 39.6 Å². The molecule has 1 aliphatic carbocycles. The molecule has 1 aromatic heterocycles. The number of nitrogens with zero attached hydrogens (tertiary/aromatic N) is 1. The summed E-state index contributed by atoms with van der Waals surface area (Å²) in [7, 11) is 0. The molecule has 0 radical (unpaired) electrons. The summed E-state index contributed by atoms with van der Waals surface area (Å²) in [5.41, 5.74) is 3.46. The van der Waals surface area contributed by atoms with Crippen molar-refractivity contribution >= 4 is 16.9 Å². The van der Waals surface area contributed by atoms with E-state index in [1.54, 1.807) is 0 Å². The zero-order valence-corrected chi connectivity index (χ0v) is 14.3. The van der Waals surface area contributed by atoms with Crippen LogP contribution in [0.4, 0.5) is 0 Å². The normalized spacial score (nSPS) is 15.7. The number of aromatic nitrogens is 2. The van der Waals surface area contributed by atoms with E-state index in [4.69, 9.17) is 0 Å². The van der Waals surface area contributed by atoms with Crippen LogP contribution in [0.15, 0.2) is 54.6 Å². The Hall–Kier alpha value is -2.62. The summed E-state index contributed by atoms with van der Waals surface area (Å²) < 4.78 is 0. The quantitative estimate of drug-likeness (QED) is 0.722. The second kappa shape index (κ2) is 6.71. The number of carbonyl (C=O) groups is 1. The number of para-hydroxylation sites is 2. The van der Waals surface area contributed by atoms with Gasteiger partial charge in [0.25, 0.3) is 0 Å². The maximum absolute atomic E-state index is 12.3. The lowest BCUT2D eigenvalue weighted by Gasteiger charge is -2.42. The van der Waals surface area contributed by atoms with Crippen LogP contribution < -0.4 is 5.32 Å². The van der Waals surface area contributed by atoms with Crippen LogP contribution in [0.1, 0.15) is 37.1 Å². The van der Waals surface area contributed by atoms with Crippen molar-refractivity contribution in [2.75, 3.05) is 6.54 Å². The van der Waals surface area contributed by atoms with Gasteiger partial charge in [0.15, 0.2) is 0 Å². The van der Waals surface area contributed by atoms with Crippen molar-refractivity contribution in [3.05, 3.63) is 66.0 Å². The van der Waals surface area contributed by atoms with Crippen molar-refractivity contribution < 1.29 is 4.79 Å². The standard InChI is InChI=1S/C21H23N3O/c25-20(12-11-19-23-17-9-4-5-10-18(17)24-19)22-15-21(13-6-14-21)16-7-2-1-3-8-16/h1-5,7-10H,6,11-15H2,(H,22,25)(H,23,24). The van der Waals surface area contributed by atoms with Crippen LogP contribution in [0.3, 0.4) is 0 Å². The van der Waals surface area contributed by atoms with Gasteiger partial charge in [-0.3, -0.25) is 4.79 Å². The number of aromatic amines is 1. The molecule has 4 nitrogen and oxygen atoms in total. The van der Waals surface area contributed by atoms with Crippen molar-refractivity contribution in [2.45, 2.75) is 37.5 Å². The molecule has 0 aliphatic heterocycles. The molecule has 2 N–H and O–H groups in total. The van der Waals surface area contributed by atoms with E-state index >= 15 is 0 Å². The molecule has 0 atom stereocenters. The molecular formula is C21H23N3O. The first-order chi connectivity index (χ1) is 12.3. The van der Waals surface area contributed by atoms with Crippen LogP contribution in [0.25, 0.3) is 11.0 Å². The summed E-state index contributed by atoms with van der Waals surface area (Å²) in [6, 6.07) is 18.5. The van der Waals surface area contributed by atoms with Gasteiger partial charge in [-0.15, -0.1) is 0 Å². The van der Waals surface area contributed by atoms with Crippen LogP contribution >= 0.6 is 0 Å². The summed E-state index contributed by atoms with van der Waals surface area (Å²) in [6.45, 7) is 0.732. The van der Waals surface area contributed by atoms with Crippen LogP contribution in [0.2, 0.25) is 0 Å². The second-order valence-corrected chi connectivity index (χ2v) is 6.98. The van der Waals surface area contributed by atoms with Gasteiger partial charge in [0, 0.05) is 24.8 Å². The number of aryl methyl sites for hydroxylation is 1. The fraction of sp³-hybridized carbons (Fsp3) is 0.333. The Morgan fingerprint density at radius 2 is 1.84 bits per heavy atom. The largest absolute Gasteiger partial charge is 0.355 e. The second-order valence-electron chi connectivity index (χ2n) is 6.98. The van der Waals surface area contributed by atoms with Gasteiger partial charge in [0.2, 0.25) is 5.91 Å². The highest BCUT2D eigenvalue weighted by molar-refractivity contribution is 5.77. The minimum atomic E-state index is 0.0997. The van der Waals surface area contributed by atoms with Crippen molar-refractivity contribution in [1.82, 2.24) is 15.3 Å². The molecular weight excluding hydrogens is 310 g/mol. The first-order valence-corrected chi connectivity index (χ1v) is 9.01. The van der Waals surface area contributed by atoms with Gasteiger partial charge in [-0.25, -0.2) is 4.98 Å². The Kier molecular flexibility index (Phi) is 4.26. The predicted octanol–water partition coefficient (Wildman–Crippen LogP) is 3.73. The lowest BCUT2D eigenvalue weighted by Crippen LogP contribution is -2.45. The molecule has 25 heavy (non-hydrogen) atoms. The van der Waals surface area contributed by atoms with E-state index in [0.717, 1.165) is 36.2 Å². The number of carbonyl (C=O) groups excluding carboxylic acids is 1. The molecule has 1 amide bonds. The van der Waals surface area contributed by atoms with Gasteiger partial charge in [-0.2, -0.15) is 0 Å². The van der Waals surface area contributed by atoms with Crippen molar-refractivity contribution in [3.63, 3.8) is 0 Å². The number of H-pyrrole nitrogens is 1. The minimum absolute atomic E-state index is 0.0997. The lowest BCUT2D eigenvalue weighted by molar-refractivity contribution is -0.121. The lowest BCUT2D eigenvalue weighted by atomic mass is 9.64. The number of benzene rings is 2. The van der Waals surface area contributed by atoms with E-state index in [-0.39, 0.29) is 11.3 Å². The number of nitrogens with one attached hydrogen (secondary N) is 2. The Bertz CT molecular complexity index is 832. The molecule has 128 valence electrons. The number of amides is 1. The molecule has 1 fully saturated rings. The Labute approximate surface area is 147 Å². The third-order valence-corrected chi connectivity index (χ3v) is 5.35. The van der Waals surface area contributed by atoms with Gasteiger partial charge >= 0.3 is 0 Å². The van der Waals surface area contributed by atoms with Crippen molar-refractivity contribution in [1.29, 1.82) is 0 Å². The van der Waals surface area contributed by atoms with E-state index < -0.39 is 0 Å². The average molecular weight is 333 g/mol. The third kappa shape index (κ3) is 3.29. The summed E-state index contributed by atoms with van der Waals surface area (Å²) in [4.78, 5) is 20.1. The van der Waals surface area contributed by atoms with Gasteiger partial charge in [0.1, 0.15) is 5.82 Å². The zero-order valence-electron chi connectivity index (χ0n) is 14.3. The van der Waals surface area contributed by atoms with Gasteiger partial charge in [-0.1, -0.05) is 48.9 Å². The Balaban J connectivity index is 1.33. The van der Waals surface area contributed by atoms with E-state index in [1.807, 2.05) is 30.3 Å². The molecule has 0 bridgehead atoms. The van der Waals surface area contributed by atoms with Crippen LogP contribution in [-0.2, 0) is 16.6 Å². The van der Waals surface area contributed by atoms with E-state index in [9.17, 15) is 4.79 Å². The number of hydrogen-bond donors (Lipinski definition) is 2. The highest BCUT2D eigenvalue weighted by Gasteiger charge is 2.38. The van der Waals surface area contributed by atoms with Gasteiger partial charge in [-0.05, 0) is 30.5 Å². The molecule has 1 heterocycles. The topological polar surface area (TPSA) is 57.8 Å². The van der Waals surface area contributed by atoms with Gasteiger partial charge in [0.05, 0.1) is 11.0 Å². The first kappa shape index (κ1) is 15.9. The van der Waals surface area contributed by atoms with E-state index in [1.165, 1.54) is 12.0 Å².